The summed E-state index contributed by atoms with van der Waals surface area (Å²) in [6.45, 7) is 0.532. The number of carbonyl (C=O) groups excluding carboxylic acids is 2. The van der Waals surface area contributed by atoms with Crippen LogP contribution in [0.15, 0.2) is 54.6 Å². The van der Waals surface area contributed by atoms with E-state index in [1.807, 2.05) is 54.6 Å². The van der Waals surface area contributed by atoms with E-state index in [9.17, 15) is 9.59 Å². The molecule has 5 heteroatoms. The second-order valence-corrected chi connectivity index (χ2v) is 5.10. The number of carbonyl (C=O) groups is 2. The lowest BCUT2D eigenvalue weighted by Crippen LogP contribution is -2.35. The highest BCUT2D eigenvalue weighted by Gasteiger charge is 2.23. The Labute approximate surface area is 128 Å². The van der Waals surface area contributed by atoms with Crippen molar-refractivity contribution in [1.82, 2.24) is 4.90 Å². The van der Waals surface area contributed by atoms with Gasteiger partial charge in [-0.3, -0.25) is 9.69 Å². The third-order valence-electron chi connectivity index (χ3n) is 3.45. The second-order valence-electron chi connectivity index (χ2n) is 5.10. The van der Waals surface area contributed by atoms with Gasteiger partial charge in [0, 0.05) is 5.69 Å². The lowest BCUT2D eigenvalue weighted by Gasteiger charge is -2.19. The minimum absolute atomic E-state index is 0.0116. The number of hydrogen-bond donors (Lipinski definition) is 1. The average molecular weight is 296 g/mol. The quantitative estimate of drug-likeness (QED) is 0.927. The fourth-order valence-corrected chi connectivity index (χ4v) is 2.34. The maximum atomic E-state index is 12.2. The minimum atomic E-state index is -0.490. The van der Waals surface area contributed by atoms with E-state index >= 15 is 0 Å². The van der Waals surface area contributed by atoms with Crippen LogP contribution >= 0.6 is 0 Å². The van der Waals surface area contributed by atoms with Gasteiger partial charge in [-0.05, 0) is 17.2 Å². The van der Waals surface area contributed by atoms with E-state index < -0.39 is 6.09 Å². The van der Waals surface area contributed by atoms with Crippen molar-refractivity contribution in [2.24, 2.45) is 0 Å². The number of nitrogens with one attached hydrogen (secondary N) is 1. The molecular weight excluding hydrogens is 280 g/mol. The molecule has 1 aliphatic heterocycles. The molecule has 0 atom stereocenters. The summed E-state index contributed by atoms with van der Waals surface area (Å²) >= 11 is 0. The molecule has 0 bridgehead atoms. The number of rotatable bonds is 2. The third kappa shape index (κ3) is 3.25. The van der Waals surface area contributed by atoms with Crippen LogP contribution in [-0.2, 0) is 22.7 Å². The molecule has 1 heterocycles. The Morgan fingerprint density at radius 2 is 1.77 bits per heavy atom. The van der Waals surface area contributed by atoms with Crippen LogP contribution in [-0.4, -0.2) is 23.4 Å². The Morgan fingerprint density at radius 1 is 1.05 bits per heavy atom. The van der Waals surface area contributed by atoms with E-state index in [-0.39, 0.29) is 19.1 Å². The first-order valence-electron chi connectivity index (χ1n) is 7.06. The Hall–Kier alpha value is -2.82. The molecule has 5 nitrogen and oxygen atoms in total. The zero-order valence-corrected chi connectivity index (χ0v) is 12.0. The number of ether oxygens (including phenoxy) is 1. The predicted molar refractivity (Wildman–Crippen MR) is 82.1 cm³/mol. The summed E-state index contributed by atoms with van der Waals surface area (Å²) in [4.78, 5) is 25.5. The van der Waals surface area contributed by atoms with Gasteiger partial charge < -0.3 is 10.1 Å². The smallest absolute Gasteiger partial charge is 0.410 e. The third-order valence-corrected chi connectivity index (χ3v) is 3.45. The summed E-state index contributed by atoms with van der Waals surface area (Å²) < 4.78 is 5.29. The average Bonchev–Trinajstić information content (AvgIpc) is 2.71. The van der Waals surface area contributed by atoms with Crippen molar-refractivity contribution in [2.75, 3.05) is 11.9 Å². The van der Waals surface area contributed by atoms with Crippen molar-refractivity contribution >= 4 is 17.7 Å². The van der Waals surface area contributed by atoms with Gasteiger partial charge in [-0.25, -0.2) is 4.79 Å². The van der Waals surface area contributed by atoms with Gasteiger partial charge in [0.15, 0.2) is 0 Å². The highest BCUT2D eigenvalue weighted by molar-refractivity contribution is 5.95. The van der Waals surface area contributed by atoms with Gasteiger partial charge >= 0.3 is 6.09 Å². The summed E-state index contributed by atoms with van der Waals surface area (Å²) in [6.07, 6.45) is -0.490. The molecule has 0 radical (unpaired) electrons. The molecule has 0 saturated carbocycles. The maximum absolute atomic E-state index is 12.2. The van der Waals surface area contributed by atoms with Crippen molar-refractivity contribution in [1.29, 1.82) is 0 Å². The number of benzene rings is 2. The number of hydrogen-bond acceptors (Lipinski definition) is 3. The Kier molecular flexibility index (Phi) is 4.05. The van der Waals surface area contributed by atoms with Crippen molar-refractivity contribution in [3.63, 3.8) is 0 Å². The van der Waals surface area contributed by atoms with Crippen LogP contribution in [0.5, 0.6) is 0 Å². The maximum Gasteiger partial charge on any atom is 0.410 e. The molecule has 22 heavy (non-hydrogen) atoms. The van der Waals surface area contributed by atoms with Crippen LogP contribution in [0.1, 0.15) is 11.1 Å². The molecule has 0 aliphatic carbocycles. The first kappa shape index (κ1) is 14.1. The Morgan fingerprint density at radius 3 is 2.59 bits per heavy atom. The molecule has 0 aromatic heterocycles. The van der Waals surface area contributed by atoms with Crippen molar-refractivity contribution in [3.05, 3.63) is 65.7 Å². The van der Waals surface area contributed by atoms with Crippen LogP contribution in [0.4, 0.5) is 10.5 Å². The van der Waals surface area contributed by atoms with Crippen LogP contribution in [0.3, 0.4) is 0 Å². The first-order chi connectivity index (χ1) is 10.7. The first-order valence-corrected chi connectivity index (χ1v) is 7.06. The Balaban J connectivity index is 1.68. The minimum Gasteiger partial charge on any atom is -0.445 e. The van der Waals surface area contributed by atoms with Crippen LogP contribution in [0.25, 0.3) is 0 Å². The van der Waals surface area contributed by atoms with E-state index in [4.69, 9.17) is 4.74 Å². The van der Waals surface area contributed by atoms with Crippen LogP contribution in [0, 0.1) is 0 Å². The van der Waals surface area contributed by atoms with Gasteiger partial charge in [-0.2, -0.15) is 0 Å². The number of para-hydroxylation sites is 1. The van der Waals surface area contributed by atoms with Gasteiger partial charge in [0.05, 0.1) is 6.54 Å². The molecule has 112 valence electrons. The fraction of sp³-hybridized carbons (Fsp3) is 0.176. The van der Waals surface area contributed by atoms with Crippen molar-refractivity contribution in [2.45, 2.75) is 13.2 Å². The van der Waals surface area contributed by atoms with E-state index in [0.29, 0.717) is 6.54 Å². The van der Waals surface area contributed by atoms with Gasteiger partial charge in [0.25, 0.3) is 0 Å². The molecule has 3 rings (SSSR count). The summed E-state index contributed by atoms with van der Waals surface area (Å²) in [5.74, 6) is -0.221. The van der Waals surface area contributed by atoms with Crippen molar-refractivity contribution in [3.8, 4) is 0 Å². The highest BCUT2D eigenvalue weighted by atomic mass is 16.6. The predicted octanol–water partition coefficient (Wildman–Crippen LogP) is 2.78. The van der Waals surface area contributed by atoms with E-state index in [0.717, 1.165) is 16.8 Å². The highest BCUT2D eigenvalue weighted by Crippen LogP contribution is 2.20. The lowest BCUT2D eigenvalue weighted by atomic mass is 10.2. The zero-order valence-electron chi connectivity index (χ0n) is 12.0. The number of amides is 2. The molecule has 0 fully saturated rings. The van der Waals surface area contributed by atoms with E-state index in [2.05, 4.69) is 5.32 Å². The van der Waals surface area contributed by atoms with E-state index in [1.165, 1.54) is 4.90 Å². The molecule has 2 aromatic carbocycles. The topological polar surface area (TPSA) is 58.6 Å². The van der Waals surface area contributed by atoms with Gasteiger partial charge in [0.1, 0.15) is 13.2 Å². The standard InChI is InChI=1S/C17H16N2O3/c20-16-11-19(10-14-8-4-5-9-15(14)18-16)17(21)22-12-13-6-2-1-3-7-13/h1-9H,10-12H2,(H,18,20). The van der Waals surface area contributed by atoms with Gasteiger partial charge in [-0.1, -0.05) is 48.5 Å². The largest absolute Gasteiger partial charge is 0.445 e. The molecule has 2 aromatic rings. The van der Waals surface area contributed by atoms with Crippen LogP contribution in [0.2, 0.25) is 0 Å². The normalized spacial score (nSPS) is 13.8. The van der Waals surface area contributed by atoms with E-state index in [1.54, 1.807) is 0 Å². The molecule has 1 N–H and O–H groups in total. The summed E-state index contributed by atoms with van der Waals surface area (Å²) in [6, 6.07) is 16.9. The monoisotopic (exact) mass is 296 g/mol. The molecule has 2 amide bonds. The molecular formula is C17H16N2O3. The summed E-state index contributed by atoms with van der Waals surface area (Å²) in [5.41, 5.74) is 2.55. The molecule has 0 spiro atoms. The lowest BCUT2D eigenvalue weighted by molar-refractivity contribution is -0.117. The fourth-order valence-electron chi connectivity index (χ4n) is 2.34. The van der Waals surface area contributed by atoms with Crippen LogP contribution < -0.4 is 5.32 Å². The number of anilines is 1. The summed E-state index contributed by atoms with van der Waals surface area (Å²) in [5, 5.41) is 2.79. The molecule has 1 aliphatic rings. The second kappa shape index (κ2) is 6.30. The zero-order chi connectivity index (χ0) is 15.4. The Bertz CT molecular complexity index is 685. The van der Waals surface area contributed by atoms with Crippen molar-refractivity contribution < 1.29 is 14.3 Å². The van der Waals surface area contributed by atoms with Gasteiger partial charge in [-0.15, -0.1) is 0 Å². The molecule has 0 unspecified atom stereocenters. The number of fused-ring (bicyclic) bond motifs is 1. The molecule has 0 saturated heterocycles. The SMILES string of the molecule is O=C1CN(C(=O)OCc2ccccc2)Cc2ccccc2N1. The van der Waals surface area contributed by atoms with Gasteiger partial charge in [0.2, 0.25) is 5.91 Å². The number of nitrogens with zero attached hydrogens (tertiary/aromatic N) is 1. The summed E-state index contributed by atoms with van der Waals surface area (Å²) in [7, 11) is 0.